The second kappa shape index (κ2) is 7.05. The van der Waals surface area contributed by atoms with E-state index in [0.29, 0.717) is 27.5 Å². The van der Waals surface area contributed by atoms with E-state index in [4.69, 9.17) is 4.42 Å². The zero-order chi connectivity index (χ0) is 19.8. The fourth-order valence-corrected chi connectivity index (χ4v) is 3.98. The summed E-state index contributed by atoms with van der Waals surface area (Å²) in [4.78, 5) is 33.3. The fourth-order valence-electron chi connectivity index (χ4n) is 2.94. The molecule has 0 spiro atoms. The van der Waals surface area contributed by atoms with Gasteiger partial charge in [-0.15, -0.1) is 11.3 Å². The van der Waals surface area contributed by atoms with Crippen molar-refractivity contribution in [2.45, 2.75) is 27.2 Å². The largest absolute Gasteiger partial charge is 0.455 e. The Kier molecular flexibility index (Phi) is 4.56. The van der Waals surface area contributed by atoms with Crippen molar-refractivity contribution in [2.75, 3.05) is 0 Å². The zero-order valence-corrected chi connectivity index (χ0v) is 16.4. The first-order valence-corrected chi connectivity index (χ1v) is 9.55. The Bertz CT molecular complexity index is 1260. The summed E-state index contributed by atoms with van der Waals surface area (Å²) in [6.07, 6.45) is -0.0713. The minimum Gasteiger partial charge on any atom is -0.455 e. The van der Waals surface area contributed by atoms with Gasteiger partial charge in [0.05, 0.1) is 11.8 Å². The average Bonchev–Trinajstić information content (AvgIpc) is 3.21. The molecule has 4 rings (SSSR count). The molecule has 0 fully saturated rings. The number of hydrogen-bond acceptors (Lipinski definition) is 6. The van der Waals surface area contributed by atoms with E-state index >= 15 is 0 Å². The van der Waals surface area contributed by atoms with E-state index in [9.17, 15) is 9.59 Å². The van der Waals surface area contributed by atoms with Crippen LogP contribution in [0.4, 0.5) is 0 Å². The minimum atomic E-state index is -0.372. The van der Waals surface area contributed by atoms with E-state index in [1.807, 2.05) is 44.2 Å². The monoisotopic (exact) mass is 394 g/mol. The lowest BCUT2D eigenvalue weighted by atomic mass is 10.2. The van der Waals surface area contributed by atoms with Crippen LogP contribution in [-0.2, 0) is 11.2 Å². The highest BCUT2D eigenvalue weighted by atomic mass is 32.1. The van der Waals surface area contributed by atoms with Gasteiger partial charge in [-0.3, -0.25) is 9.59 Å². The van der Waals surface area contributed by atoms with Gasteiger partial charge in [0.15, 0.2) is 5.76 Å². The topological polar surface area (TPSA) is 100 Å². The highest BCUT2D eigenvalue weighted by molar-refractivity contribution is 7.18. The molecule has 4 aromatic rings. The molecule has 3 aromatic heterocycles. The van der Waals surface area contributed by atoms with E-state index in [-0.39, 0.29) is 17.9 Å². The van der Waals surface area contributed by atoms with Gasteiger partial charge in [0.2, 0.25) is 5.91 Å². The molecule has 0 aliphatic heterocycles. The van der Waals surface area contributed by atoms with Crippen LogP contribution in [0.15, 0.2) is 44.6 Å². The van der Waals surface area contributed by atoms with Crippen molar-refractivity contribution >= 4 is 44.1 Å². The molecule has 8 heteroatoms. The summed E-state index contributed by atoms with van der Waals surface area (Å²) in [5.74, 6) is 0.523. The Morgan fingerprint density at radius 2 is 2.11 bits per heavy atom. The maximum Gasteiger partial charge on any atom is 0.259 e. The molecule has 28 heavy (non-hydrogen) atoms. The number of carbonyl (C=O) groups excluding carboxylic acids is 1. The van der Waals surface area contributed by atoms with Crippen LogP contribution >= 0.6 is 11.3 Å². The molecule has 2 N–H and O–H groups in total. The predicted molar refractivity (Wildman–Crippen MR) is 110 cm³/mol. The fraction of sp³-hybridized carbons (Fsp3) is 0.200. The molecular weight excluding hydrogens is 376 g/mol. The van der Waals surface area contributed by atoms with Crippen LogP contribution in [0.1, 0.15) is 28.9 Å². The first-order valence-electron chi connectivity index (χ1n) is 8.73. The first-order chi connectivity index (χ1) is 13.4. The van der Waals surface area contributed by atoms with Gasteiger partial charge < -0.3 is 9.40 Å². The number of rotatable bonds is 4. The summed E-state index contributed by atoms with van der Waals surface area (Å²) in [7, 11) is 0. The average molecular weight is 394 g/mol. The molecule has 1 amide bonds. The number of aryl methyl sites for hydroxylation is 2. The molecule has 142 valence electrons. The molecular formula is C20H18N4O3S. The number of hydrogen-bond donors (Lipinski definition) is 2. The third-order valence-electron chi connectivity index (χ3n) is 4.55. The first kappa shape index (κ1) is 18.1. The number of amides is 1. The molecule has 0 saturated carbocycles. The quantitative estimate of drug-likeness (QED) is 0.409. The Labute approximate surface area is 164 Å². The second-order valence-electron chi connectivity index (χ2n) is 6.53. The third-order valence-corrected chi connectivity index (χ3v) is 5.65. The lowest BCUT2D eigenvalue weighted by Gasteiger charge is -2.02. The number of para-hydroxylation sites is 1. The number of nitrogens with zero attached hydrogens (tertiary/aromatic N) is 2. The van der Waals surface area contributed by atoms with Gasteiger partial charge >= 0.3 is 0 Å². The van der Waals surface area contributed by atoms with Crippen molar-refractivity contribution < 1.29 is 9.21 Å². The molecule has 0 aliphatic carbocycles. The van der Waals surface area contributed by atoms with Crippen LogP contribution in [-0.4, -0.2) is 21.6 Å². The van der Waals surface area contributed by atoms with Gasteiger partial charge in [-0.1, -0.05) is 18.2 Å². The summed E-state index contributed by atoms with van der Waals surface area (Å²) in [6.45, 7) is 5.59. The van der Waals surface area contributed by atoms with E-state index in [1.54, 1.807) is 6.92 Å². The van der Waals surface area contributed by atoms with Crippen molar-refractivity contribution in [3.05, 3.63) is 62.7 Å². The van der Waals surface area contributed by atoms with Crippen LogP contribution in [0.5, 0.6) is 0 Å². The van der Waals surface area contributed by atoms with Gasteiger partial charge in [0.25, 0.3) is 5.56 Å². The van der Waals surface area contributed by atoms with E-state index in [1.165, 1.54) is 11.3 Å². The third kappa shape index (κ3) is 3.34. The zero-order valence-electron chi connectivity index (χ0n) is 15.6. The van der Waals surface area contributed by atoms with Gasteiger partial charge in [0, 0.05) is 10.3 Å². The van der Waals surface area contributed by atoms with Crippen molar-refractivity contribution in [3.8, 4) is 0 Å². The smallest absolute Gasteiger partial charge is 0.259 e. The van der Waals surface area contributed by atoms with Gasteiger partial charge in [-0.05, 0) is 38.5 Å². The number of thiophene rings is 1. The van der Waals surface area contributed by atoms with Crippen LogP contribution < -0.4 is 11.0 Å². The lowest BCUT2D eigenvalue weighted by Crippen LogP contribution is -2.24. The molecule has 0 atom stereocenters. The number of hydrazone groups is 1. The Balaban J connectivity index is 1.50. The summed E-state index contributed by atoms with van der Waals surface area (Å²) < 4.78 is 5.72. The summed E-state index contributed by atoms with van der Waals surface area (Å²) in [5.41, 5.74) is 4.50. The molecule has 0 radical (unpaired) electrons. The highest BCUT2D eigenvalue weighted by Gasteiger charge is 2.14. The number of benzene rings is 1. The van der Waals surface area contributed by atoms with Gasteiger partial charge in [-0.25, -0.2) is 10.4 Å². The van der Waals surface area contributed by atoms with Crippen LogP contribution in [0.3, 0.4) is 0 Å². The Morgan fingerprint density at radius 3 is 2.89 bits per heavy atom. The summed E-state index contributed by atoms with van der Waals surface area (Å²) in [6, 6.07) is 9.51. The standard InChI is InChI=1S/C20H18N4O3S/c1-10-12(3)28-20-18(10)19(26)21-16(22-20)9-17(25)24-23-11(2)15-8-13-6-4-5-7-14(13)27-15/h4-8H,9H2,1-3H3,(H,24,25)(H,21,22,26)/b23-11-. The van der Waals surface area contributed by atoms with Gasteiger partial charge in [-0.2, -0.15) is 5.10 Å². The Hall–Kier alpha value is -3.26. The predicted octanol–water partition coefficient (Wildman–Crippen LogP) is 3.43. The molecule has 1 aromatic carbocycles. The lowest BCUT2D eigenvalue weighted by molar-refractivity contribution is -0.120. The number of aromatic amines is 1. The van der Waals surface area contributed by atoms with Crippen LogP contribution in [0.2, 0.25) is 0 Å². The maximum absolute atomic E-state index is 12.3. The SMILES string of the molecule is C/C(=N/NC(=O)Cc1nc2sc(C)c(C)c2c(=O)[nH]1)c1cc2ccccc2o1. The number of aromatic nitrogens is 2. The van der Waals surface area contributed by atoms with E-state index in [2.05, 4.69) is 20.5 Å². The van der Waals surface area contributed by atoms with Crippen molar-refractivity contribution in [1.29, 1.82) is 0 Å². The van der Waals surface area contributed by atoms with Gasteiger partial charge in [0.1, 0.15) is 21.9 Å². The number of carbonyl (C=O) groups is 1. The van der Waals surface area contributed by atoms with Crippen molar-refractivity contribution in [3.63, 3.8) is 0 Å². The van der Waals surface area contributed by atoms with E-state index < -0.39 is 0 Å². The highest BCUT2D eigenvalue weighted by Crippen LogP contribution is 2.25. The number of furan rings is 1. The number of H-pyrrole nitrogens is 1. The normalized spacial score (nSPS) is 12.0. The van der Waals surface area contributed by atoms with Crippen LogP contribution in [0.25, 0.3) is 21.2 Å². The molecule has 0 unspecified atom stereocenters. The molecule has 3 heterocycles. The van der Waals surface area contributed by atoms with E-state index in [0.717, 1.165) is 21.4 Å². The molecule has 0 saturated heterocycles. The van der Waals surface area contributed by atoms with Crippen LogP contribution in [0, 0.1) is 13.8 Å². The minimum absolute atomic E-state index is 0.0713. The summed E-state index contributed by atoms with van der Waals surface area (Å²) >= 11 is 1.45. The maximum atomic E-state index is 12.3. The molecule has 0 aliphatic rings. The molecule has 7 nitrogen and oxygen atoms in total. The van der Waals surface area contributed by atoms with Crippen molar-refractivity contribution in [2.24, 2.45) is 5.10 Å². The van der Waals surface area contributed by atoms with Crippen molar-refractivity contribution in [1.82, 2.24) is 15.4 Å². The Morgan fingerprint density at radius 1 is 1.32 bits per heavy atom. The second-order valence-corrected chi connectivity index (χ2v) is 7.74. The number of fused-ring (bicyclic) bond motifs is 2. The summed E-state index contributed by atoms with van der Waals surface area (Å²) in [5, 5.41) is 5.65. The number of nitrogens with one attached hydrogen (secondary N) is 2. The molecule has 0 bridgehead atoms.